The molecule has 122 valence electrons. The molecule has 3 rings (SSSR count). The second-order valence-corrected chi connectivity index (χ2v) is 6.22. The van der Waals surface area contributed by atoms with E-state index in [1.54, 1.807) is 30.6 Å². The van der Waals surface area contributed by atoms with E-state index in [-0.39, 0.29) is 23.1 Å². The average molecular weight is 361 g/mol. The molecule has 0 unspecified atom stereocenters. The summed E-state index contributed by atoms with van der Waals surface area (Å²) >= 11 is 7.26. The molecule has 0 spiro atoms. The molecule has 0 saturated heterocycles. The molecule has 0 saturated carbocycles. The molecule has 6 nitrogen and oxygen atoms in total. The molecular formula is C16H13ClN4O2S. The van der Waals surface area contributed by atoms with Crippen molar-refractivity contribution in [3.63, 3.8) is 0 Å². The van der Waals surface area contributed by atoms with Crippen molar-refractivity contribution in [3.05, 3.63) is 58.3 Å². The average Bonchev–Trinajstić information content (AvgIpc) is 3.06. The number of benzene rings is 1. The van der Waals surface area contributed by atoms with Crippen molar-refractivity contribution in [1.82, 2.24) is 20.3 Å². The summed E-state index contributed by atoms with van der Waals surface area (Å²) in [5, 5.41) is 15.0. The van der Waals surface area contributed by atoms with Crippen LogP contribution in [0.4, 0.5) is 0 Å². The summed E-state index contributed by atoms with van der Waals surface area (Å²) in [6.07, 6.45) is 3.50. The monoisotopic (exact) mass is 360 g/mol. The minimum atomic E-state index is -0.151. The molecular weight excluding hydrogens is 348 g/mol. The van der Waals surface area contributed by atoms with Gasteiger partial charge in [0, 0.05) is 17.8 Å². The predicted octanol–water partition coefficient (Wildman–Crippen LogP) is 2.82. The first kappa shape index (κ1) is 16.4. The summed E-state index contributed by atoms with van der Waals surface area (Å²) < 4.78 is 0. The molecule has 0 atom stereocenters. The topological polar surface area (TPSA) is 88.0 Å². The van der Waals surface area contributed by atoms with Crippen molar-refractivity contribution < 1.29 is 9.90 Å². The van der Waals surface area contributed by atoms with Crippen molar-refractivity contribution in [2.24, 2.45) is 0 Å². The molecule has 0 aliphatic rings. The molecule has 1 aromatic carbocycles. The third-order valence-electron chi connectivity index (χ3n) is 3.15. The molecule has 8 heteroatoms. The molecule has 0 aliphatic heterocycles. The fraction of sp³-hybridized carbons (Fsp3) is 0.125. The van der Waals surface area contributed by atoms with E-state index < -0.39 is 0 Å². The fourth-order valence-corrected chi connectivity index (χ4v) is 2.97. The zero-order chi connectivity index (χ0) is 16.9. The van der Waals surface area contributed by atoms with Crippen LogP contribution in [0.1, 0.15) is 11.3 Å². The summed E-state index contributed by atoms with van der Waals surface area (Å²) in [5.41, 5.74) is 1.48. The second kappa shape index (κ2) is 7.37. The minimum absolute atomic E-state index is 0.000965. The van der Waals surface area contributed by atoms with Gasteiger partial charge in [-0.2, -0.15) is 0 Å². The Morgan fingerprint density at radius 3 is 2.83 bits per heavy atom. The van der Waals surface area contributed by atoms with Crippen LogP contribution in [0.15, 0.2) is 42.0 Å². The van der Waals surface area contributed by atoms with Crippen molar-refractivity contribution >= 4 is 28.8 Å². The van der Waals surface area contributed by atoms with Gasteiger partial charge in [-0.15, -0.1) is 11.3 Å². The molecule has 2 heterocycles. The molecule has 0 bridgehead atoms. The van der Waals surface area contributed by atoms with Gasteiger partial charge in [0.05, 0.1) is 23.7 Å². The number of aromatic nitrogens is 3. The van der Waals surface area contributed by atoms with Gasteiger partial charge in [-0.1, -0.05) is 17.7 Å². The number of phenols is 1. The molecule has 0 fully saturated rings. The normalized spacial score (nSPS) is 10.5. The first-order valence-corrected chi connectivity index (χ1v) is 8.33. The van der Waals surface area contributed by atoms with E-state index in [1.165, 1.54) is 17.4 Å². The maximum absolute atomic E-state index is 12.0. The highest BCUT2D eigenvalue weighted by Gasteiger charge is 2.09. The molecule has 24 heavy (non-hydrogen) atoms. The number of hydrogen-bond donors (Lipinski definition) is 2. The minimum Gasteiger partial charge on any atom is -0.506 e. The first-order valence-electron chi connectivity index (χ1n) is 7.07. The lowest BCUT2D eigenvalue weighted by Crippen LogP contribution is -2.24. The summed E-state index contributed by atoms with van der Waals surface area (Å²) in [6.45, 7) is 0.327. The lowest BCUT2D eigenvalue weighted by atomic mass is 10.1. The molecule has 0 aliphatic carbocycles. The third-order valence-corrected chi connectivity index (χ3v) is 4.34. The maximum Gasteiger partial charge on any atom is 0.224 e. The number of halogens is 1. The van der Waals surface area contributed by atoms with Crippen molar-refractivity contribution in [2.45, 2.75) is 13.0 Å². The molecule has 2 aromatic heterocycles. The zero-order valence-electron chi connectivity index (χ0n) is 12.4. The van der Waals surface area contributed by atoms with E-state index in [9.17, 15) is 9.90 Å². The number of thiazole rings is 1. The van der Waals surface area contributed by atoms with Crippen LogP contribution >= 0.6 is 22.9 Å². The van der Waals surface area contributed by atoms with E-state index >= 15 is 0 Å². The Hall–Kier alpha value is -2.51. The second-order valence-electron chi connectivity index (χ2n) is 4.96. The van der Waals surface area contributed by atoms with Gasteiger partial charge in [-0.3, -0.25) is 4.79 Å². The van der Waals surface area contributed by atoms with Gasteiger partial charge in [0.1, 0.15) is 5.75 Å². The summed E-state index contributed by atoms with van der Waals surface area (Å²) in [4.78, 5) is 24.7. The molecule has 2 N–H and O–H groups in total. The maximum atomic E-state index is 12.0. The summed E-state index contributed by atoms with van der Waals surface area (Å²) in [5.74, 6) is 0.417. The lowest BCUT2D eigenvalue weighted by Gasteiger charge is -2.05. The Morgan fingerprint density at radius 2 is 2.08 bits per heavy atom. The number of hydrogen-bond acceptors (Lipinski definition) is 6. The van der Waals surface area contributed by atoms with Gasteiger partial charge in [-0.25, -0.2) is 15.0 Å². The SMILES string of the molecule is O=C(Cc1ccc(O)c(Cl)c1)NCc1csc(-c2ncccn2)n1. The summed E-state index contributed by atoms with van der Waals surface area (Å²) in [7, 11) is 0. The van der Waals surface area contributed by atoms with Crippen LogP contribution in [0.5, 0.6) is 5.75 Å². The van der Waals surface area contributed by atoms with E-state index in [0.717, 1.165) is 11.3 Å². The Labute approximate surface area is 147 Å². The molecule has 1 amide bonds. The Balaban J connectivity index is 1.56. The number of nitrogens with zero attached hydrogens (tertiary/aromatic N) is 3. The predicted molar refractivity (Wildman–Crippen MR) is 91.8 cm³/mol. The van der Waals surface area contributed by atoms with E-state index in [2.05, 4.69) is 20.3 Å². The van der Waals surface area contributed by atoms with E-state index in [4.69, 9.17) is 11.6 Å². The van der Waals surface area contributed by atoms with E-state index in [0.29, 0.717) is 17.4 Å². The molecule has 3 aromatic rings. The van der Waals surface area contributed by atoms with Crippen LogP contribution in [-0.2, 0) is 17.8 Å². The number of nitrogens with one attached hydrogen (secondary N) is 1. The standard InChI is InChI=1S/C16H13ClN4O2S/c17-12-6-10(2-3-13(12)22)7-14(23)20-8-11-9-24-16(21-11)15-18-4-1-5-19-15/h1-6,9,22H,7-8H2,(H,20,23). The number of carbonyl (C=O) groups excluding carboxylic acids is 1. The quantitative estimate of drug-likeness (QED) is 0.730. The Morgan fingerprint density at radius 1 is 1.29 bits per heavy atom. The van der Waals surface area contributed by atoms with Crippen LogP contribution in [0, 0.1) is 0 Å². The van der Waals surface area contributed by atoms with Crippen LogP contribution < -0.4 is 5.32 Å². The highest BCUT2D eigenvalue weighted by atomic mass is 35.5. The molecule has 0 radical (unpaired) electrons. The lowest BCUT2D eigenvalue weighted by molar-refractivity contribution is -0.120. The van der Waals surface area contributed by atoms with E-state index in [1.807, 2.05) is 5.38 Å². The fourth-order valence-electron chi connectivity index (χ4n) is 2.00. The van der Waals surface area contributed by atoms with Gasteiger partial charge in [0.25, 0.3) is 0 Å². The van der Waals surface area contributed by atoms with Crippen LogP contribution in [0.3, 0.4) is 0 Å². The number of rotatable bonds is 5. The zero-order valence-corrected chi connectivity index (χ0v) is 14.0. The number of phenolic OH excluding ortho intramolecular Hbond substituents is 1. The van der Waals surface area contributed by atoms with Gasteiger partial charge in [0.2, 0.25) is 5.91 Å². The van der Waals surface area contributed by atoms with Gasteiger partial charge < -0.3 is 10.4 Å². The number of carbonyl (C=O) groups is 1. The highest BCUT2D eigenvalue weighted by Crippen LogP contribution is 2.24. The third kappa shape index (κ3) is 4.06. The van der Waals surface area contributed by atoms with Crippen molar-refractivity contribution in [2.75, 3.05) is 0 Å². The number of amides is 1. The van der Waals surface area contributed by atoms with Crippen molar-refractivity contribution in [3.8, 4) is 16.6 Å². The Kier molecular flexibility index (Phi) is 5.02. The Bertz CT molecular complexity index is 854. The van der Waals surface area contributed by atoms with Gasteiger partial charge in [-0.05, 0) is 23.8 Å². The van der Waals surface area contributed by atoms with Crippen molar-refractivity contribution in [1.29, 1.82) is 0 Å². The summed E-state index contributed by atoms with van der Waals surface area (Å²) in [6, 6.07) is 6.45. The first-order chi connectivity index (χ1) is 11.6. The van der Waals surface area contributed by atoms with Gasteiger partial charge in [0.15, 0.2) is 10.8 Å². The number of aromatic hydroxyl groups is 1. The van der Waals surface area contributed by atoms with Crippen LogP contribution in [-0.4, -0.2) is 26.0 Å². The van der Waals surface area contributed by atoms with Crippen LogP contribution in [0.25, 0.3) is 10.8 Å². The van der Waals surface area contributed by atoms with Crippen LogP contribution in [0.2, 0.25) is 5.02 Å². The highest BCUT2D eigenvalue weighted by molar-refractivity contribution is 7.13. The largest absolute Gasteiger partial charge is 0.506 e. The smallest absolute Gasteiger partial charge is 0.224 e. The van der Waals surface area contributed by atoms with Gasteiger partial charge >= 0.3 is 0 Å².